The smallest absolute Gasteiger partial charge is 0.262 e. The van der Waals surface area contributed by atoms with Gasteiger partial charge in [-0.05, 0) is 72.5 Å². The first-order chi connectivity index (χ1) is 17.8. The van der Waals surface area contributed by atoms with Gasteiger partial charge in [-0.15, -0.1) is 0 Å². The van der Waals surface area contributed by atoms with Gasteiger partial charge >= 0.3 is 0 Å². The normalized spacial score (nSPS) is 11.8. The minimum Gasteiger partial charge on any atom is -0.490 e. The molecule has 2 N–H and O–H groups in total. The number of carbonyl (C=O) groups is 2. The van der Waals surface area contributed by atoms with E-state index in [9.17, 15) is 9.59 Å². The Morgan fingerprint density at radius 3 is 2.38 bits per heavy atom. The molecule has 194 valence electrons. The van der Waals surface area contributed by atoms with Crippen LogP contribution in [0.2, 0.25) is 10.0 Å². The third-order valence-corrected chi connectivity index (χ3v) is 5.77. The van der Waals surface area contributed by atoms with Crippen LogP contribution >= 0.6 is 23.2 Å². The van der Waals surface area contributed by atoms with E-state index in [-0.39, 0.29) is 5.92 Å². The molecule has 7 nitrogen and oxygen atoms in total. The second-order valence-corrected chi connectivity index (χ2v) is 9.37. The molecule has 0 aliphatic heterocycles. The molecule has 0 aromatic heterocycles. The molecule has 1 unspecified atom stereocenters. The summed E-state index contributed by atoms with van der Waals surface area (Å²) < 4.78 is 11.6. The summed E-state index contributed by atoms with van der Waals surface area (Å²) in [6.45, 7) is 6.37. The predicted octanol–water partition coefficient (Wildman–Crippen LogP) is 5.88. The molecule has 0 fully saturated rings. The van der Waals surface area contributed by atoms with Crippen LogP contribution in [0.25, 0.3) is 0 Å². The predicted molar refractivity (Wildman–Crippen MR) is 147 cm³/mol. The van der Waals surface area contributed by atoms with Gasteiger partial charge in [0.25, 0.3) is 11.8 Å². The van der Waals surface area contributed by atoms with Gasteiger partial charge < -0.3 is 14.8 Å². The summed E-state index contributed by atoms with van der Waals surface area (Å²) in [5.41, 5.74) is 4.55. The highest BCUT2D eigenvalue weighted by molar-refractivity contribution is 6.31. The minimum atomic E-state index is -0.786. The van der Waals surface area contributed by atoms with E-state index in [0.29, 0.717) is 45.9 Å². The Morgan fingerprint density at radius 2 is 1.70 bits per heavy atom. The number of hydrazone groups is 1. The largest absolute Gasteiger partial charge is 0.490 e. The maximum atomic E-state index is 12.8. The van der Waals surface area contributed by atoms with Gasteiger partial charge in [0.1, 0.15) is 12.6 Å². The summed E-state index contributed by atoms with van der Waals surface area (Å²) in [6, 6.07) is 18.5. The number of nitrogens with zero attached hydrogens (tertiary/aromatic N) is 1. The number of amides is 2. The van der Waals surface area contributed by atoms with Gasteiger partial charge in [0, 0.05) is 15.6 Å². The first-order valence-electron chi connectivity index (χ1n) is 11.8. The third-order valence-electron chi connectivity index (χ3n) is 5.29. The number of nitrogens with one attached hydrogen (secondary N) is 2. The zero-order valence-electron chi connectivity index (χ0n) is 20.8. The van der Waals surface area contributed by atoms with E-state index in [1.807, 2.05) is 45.0 Å². The molecule has 1 atom stereocenters. The average molecular weight is 542 g/mol. The highest BCUT2D eigenvalue weighted by Gasteiger charge is 2.24. The van der Waals surface area contributed by atoms with E-state index in [4.69, 9.17) is 32.7 Å². The molecule has 0 bridgehead atoms. The fourth-order valence-corrected chi connectivity index (χ4v) is 3.68. The second kappa shape index (κ2) is 13.7. The van der Waals surface area contributed by atoms with Crippen LogP contribution in [0.15, 0.2) is 71.8 Å². The van der Waals surface area contributed by atoms with Crippen LogP contribution in [0.1, 0.15) is 42.3 Å². The molecule has 0 aliphatic carbocycles. The number of hydrogen-bond donors (Lipinski definition) is 2. The molecule has 0 radical (unpaired) electrons. The van der Waals surface area contributed by atoms with Crippen molar-refractivity contribution < 1.29 is 19.1 Å². The van der Waals surface area contributed by atoms with E-state index in [2.05, 4.69) is 15.8 Å². The highest BCUT2D eigenvalue weighted by Crippen LogP contribution is 2.29. The van der Waals surface area contributed by atoms with Crippen molar-refractivity contribution >= 4 is 41.2 Å². The molecule has 0 heterocycles. The van der Waals surface area contributed by atoms with Gasteiger partial charge in [0.05, 0.1) is 12.8 Å². The van der Waals surface area contributed by atoms with Crippen molar-refractivity contribution in [1.82, 2.24) is 10.7 Å². The Labute approximate surface area is 226 Å². The number of rotatable bonds is 11. The molecule has 3 aromatic rings. The molecule has 9 heteroatoms. The van der Waals surface area contributed by atoms with E-state index < -0.39 is 17.9 Å². The Bertz CT molecular complexity index is 1250. The van der Waals surface area contributed by atoms with Crippen molar-refractivity contribution in [2.45, 2.75) is 33.4 Å². The van der Waals surface area contributed by atoms with Crippen LogP contribution in [-0.4, -0.2) is 30.7 Å². The SMILES string of the molecule is CCOc1cc(C=NNC(=O)C(NC(=O)c2cccc(Cl)c2)C(C)C)ccc1OCc1ccc(Cl)cc1. The fourth-order valence-electron chi connectivity index (χ4n) is 3.36. The first kappa shape index (κ1) is 28.0. The molecule has 3 aromatic carbocycles. The quantitative estimate of drug-likeness (QED) is 0.234. The van der Waals surface area contributed by atoms with Gasteiger partial charge in [0.15, 0.2) is 11.5 Å². The number of benzene rings is 3. The number of hydrogen-bond acceptors (Lipinski definition) is 5. The van der Waals surface area contributed by atoms with Gasteiger partial charge in [-0.3, -0.25) is 9.59 Å². The molecule has 37 heavy (non-hydrogen) atoms. The standard InChI is InChI=1S/C28H29Cl2N3O4/c1-4-36-25-14-20(10-13-24(25)37-17-19-8-11-22(29)12-9-19)16-31-33-28(35)26(18(2)3)32-27(34)21-6-5-7-23(30)15-21/h5-16,18,26H,4,17H2,1-3H3,(H,32,34)(H,33,35). The van der Waals surface area contributed by atoms with Crippen LogP contribution in [-0.2, 0) is 11.4 Å². The van der Waals surface area contributed by atoms with Crippen molar-refractivity contribution in [3.63, 3.8) is 0 Å². The van der Waals surface area contributed by atoms with Gasteiger partial charge in [-0.25, -0.2) is 5.43 Å². The van der Waals surface area contributed by atoms with Gasteiger partial charge in [-0.2, -0.15) is 5.10 Å². The van der Waals surface area contributed by atoms with Gasteiger partial charge in [-0.1, -0.05) is 55.2 Å². The summed E-state index contributed by atoms with van der Waals surface area (Å²) in [7, 11) is 0. The van der Waals surface area contributed by atoms with Gasteiger partial charge in [0.2, 0.25) is 0 Å². The lowest BCUT2D eigenvalue weighted by molar-refractivity contribution is -0.123. The van der Waals surface area contributed by atoms with Crippen molar-refractivity contribution in [2.24, 2.45) is 11.0 Å². The zero-order chi connectivity index (χ0) is 26.8. The molecular weight excluding hydrogens is 513 g/mol. The fraction of sp³-hybridized carbons (Fsp3) is 0.250. The Balaban J connectivity index is 1.63. The molecule has 0 saturated heterocycles. The monoisotopic (exact) mass is 541 g/mol. The van der Waals surface area contributed by atoms with E-state index >= 15 is 0 Å². The van der Waals surface area contributed by atoms with Crippen LogP contribution in [0.5, 0.6) is 11.5 Å². The maximum absolute atomic E-state index is 12.8. The summed E-state index contributed by atoms with van der Waals surface area (Å²) in [6.07, 6.45) is 1.50. The molecule has 0 aliphatic rings. The number of halogens is 2. The topological polar surface area (TPSA) is 89.0 Å². The second-order valence-electron chi connectivity index (χ2n) is 8.49. The highest BCUT2D eigenvalue weighted by atomic mass is 35.5. The van der Waals surface area contributed by atoms with Crippen molar-refractivity contribution in [3.05, 3.63) is 93.5 Å². The van der Waals surface area contributed by atoms with E-state index in [1.165, 1.54) is 6.21 Å². The molecule has 0 saturated carbocycles. The number of carbonyl (C=O) groups excluding carboxylic acids is 2. The maximum Gasteiger partial charge on any atom is 0.262 e. The van der Waals surface area contributed by atoms with Crippen LogP contribution in [0.3, 0.4) is 0 Å². The van der Waals surface area contributed by atoms with E-state index in [0.717, 1.165) is 5.56 Å². The van der Waals surface area contributed by atoms with Crippen LogP contribution in [0, 0.1) is 5.92 Å². The summed E-state index contributed by atoms with van der Waals surface area (Å²) >= 11 is 11.9. The molecular formula is C28H29Cl2N3O4. The summed E-state index contributed by atoms with van der Waals surface area (Å²) in [5.74, 6) is 0.146. The van der Waals surface area contributed by atoms with Crippen LogP contribution in [0.4, 0.5) is 0 Å². The summed E-state index contributed by atoms with van der Waals surface area (Å²) in [4.78, 5) is 25.3. The average Bonchev–Trinajstić information content (AvgIpc) is 2.87. The van der Waals surface area contributed by atoms with Crippen LogP contribution < -0.4 is 20.2 Å². The van der Waals surface area contributed by atoms with E-state index in [1.54, 1.807) is 42.5 Å². The lowest BCUT2D eigenvalue weighted by Gasteiger charge is -2.20. The third kappa shape index (κ3) is 8.51. The lowest BCUT2D eigenvalue weighted by atomic mass is 10.0. The number of ether oxygens (including phenoxy) is 2. The van der Waals surface area contributed by atoms with Crippen molar-refractivity contribution in [1.29, 1.82) is 0 Å². The minimum absolute atomic E-state index is 0.167. The van der Waals surface area contributed by atoms with Crippen molar-refractivity contribution in [3.8, 4) is 11.5 Å². The Kier molecular flexibility index (Phi) is 10.4. The molecule has 0 spiro atoms. The summed E-state index contributed by atoms with van der Waals surface area (Å²) in [5, 5.41) is 7.92. The Hall–Kier alpha value is -3.55. The van der Waals surface area contributed by atoms with Crippen molar-refractivity contribution in [2.75, 3.05) is 6.61 Å². The Morgan fingerprint density at radius 1 is 0.946 bits per heavy atom. The lowest BCUT2D eigenvalue weighted by Crippen LogP contribution is -2.48. The first-order valence-corrected chi connectivity index (χ1v) is 12.6. The zero-order valence-corrected chi connectivity index (χ0v) is 22.3. The molecule has 2 amide bonds. The molecule has 3 rings (SSSR count).